The normalized spacial score (nSPS) is 20.9. The van der Waals surface area contributed by atoms with E-state index in [1.165, 1.54) is 29.1 Å². The molecule has 142 valence electrons. The van der Waals surface area contributed by atoms with Crippen molar-refractivity contribution in [1.29, 1.82) is 0 Å². The van der Waals surface area contributed by atoms with Crippen LogP contribution < -0.4 is 0 Å². The molecular weight excluding hydrogens is 356 g/mol. The summed E-state index contributed by atoms with van der Waals surface area (Å²) in [5.41, 5.74) is 0.352. The number of likely N-dealkylation sites (N-methyl/N-ethyl adjacent to an activating group) is 1. The van der Waals surface area contributed by atoms with Crippen molar-refractivity contribution in [1.82, 2.24) is 24.8 Å². The molecule has 3 aromatic rings. The van der Waals surface area contributed by atoms with Gasteiger partial charge in [0.1, 0.15) is 11.8 Å². The molecule has 0 amide bonds. The number of nitrogens with zero attached hydrogens (tertiary/aromatic N) is 5. The van der Waals surface area contributed by atoms with Gasteiger partial charge >= 0.3 is 0 Å². The van der Waals surface area contributed by atoms with Crippen molar-refractivity contribution in [3.63, 3.8) is 0 Å². The summed E-state index contributed by atoms with van der Waals surface area (Å²) >= 11 is 0. The highest BCUT2D eigenvalue weighted by molar-refractivity contribution is 5.34. The number of hydrogen-bond acceptors (Lipinski definition) is 6. The lowest BCUT2D eigenvalue weighted by molar-refractivity contribution is -0.0838. The van der Waals surface area contributed by atoms with E-state index in [1.807, 2.05) is 14.0 Å². The number of aromatic nitrogens is 4. The second kappa shape index (κ2) is 7.16. The summed E-state index contributed by atoms with van der Waals surface area (Å²) in [5, 5.41) is 8.19. The topological polar surface area (TPSA) is 69.2 Å². The molecule has 0 saturated carbocycles. The van der Waals surface area contributed by atoms with Crippen molar-refractivity contribution < 1.29 is 18.0 Å². The summed E-state index contributed by atoms with van der Waals surface area (Å²) in [5.74, 6) is -0.505. The molecule has 2 atom stereocenters. The van der Waals surface area contributed by atoms with Crippen LogP contribution >= 0.6 is 0 Å². The van der Waals surface area contributed by atoms with E-state index >= 15 is 0 Å². The van der Waals surface area contributed by atoms with E-state index in [2.05, 4.69) is 20.1 Å². The van der Waals surface area contributed by atoms with E-state index in [-0.39, 0.29) is 24.3 Å². The molecule has 0 unspecified atom stereocenters. The molecule has 9 heteroatoms. The van der Waals surface area contributed by atoms with Gasteiger partial charge in [-0.05, 0) is 32.2 Å². The van der Waals surface area contributed by atoms with Crippen LogP contribution in [0, 0.1) is 11.6 Å². The van der Waals surface area contributed by atoms with E-state index in [1.54, 1.807) is 6.07 Å². The minimum absolute atomic E-state index is 0.0791. The predicted octanol–water partition coefficient (Wildman–Crippen LogP) is 2.52. The van der Waals surface area contributed by atoms with Crippen LogP contribution in [0.15, 0.2) is 35.0 Å². The minimum Gasteiger partial charge on any atom is -0.363 e. The third kappa shape index (κ3) is 3.74. The quantitative estimate of drug-likeness (QED) is 0.698. The summed E-state index contributed by atoms with van der Waals surface area (Å²) in [6.45, 7) is 3.52. The zero-order valence-electron chi connectivity index (χ0n) is 15.0. The third-order valence-electron chi connectivity index (χ3n) is 4.35. The molecule has 2 aromatic heterocycles. The second-order valence-electron chi connectivity index (χ2n) is 6.70. The van der Waals surface area contributed by atoms with Crippen LogP contribution in [0.1, 0.15) is 30.4 Å². The van der Waals surface area contributed by atoms with Gasteiger partial charge in [0, 0.05) is 19.3 Å². The second-order valence-corrected chi connectivity index (χ2v) is 6.70. The van der Waals surface area contributed by atoms with Gasteiger partial charge in [-0.3, -0.25) is 0 Å². The zero-order chi connectivity index (χ0) is 19.0. The molecule has 1 saturated heterocycles. The Morgan fingerprint density at radius 1 is 1.19 bits per heavy atom. The Balaban J connectivity index is 1.50. The number of halogens is 2. The Kier molecular flexibility index (Phi) is 4.71. The summed E-state index contributed by atoms with van der Waals surface area (Å²) in [4.78, 5) is 6.53. The lowest BCUT2D eigenvalue weighted by Gasteiger charge is -2.32. The number of hydrogen-bond donors (Lipinski definition) is 0. The van der Waals surface area contributed by atoms with Crippen molar-refractivity contribution in [2.75, 3.05) is 20.1 Å². The Morgan fingerprint density at radius 2 is 1.96 bits per heavy atom. The highest BCUT2D eigenvalue weighted by Gasteiger charge is 2.28. The summed E-state index contributed by atoms with van der Waals surface area (Å²) < 4.78 is 40.1. The number of benzene rings is 1. The summed E-state index contributed by atoms with van der Waals surface area (Å²) in [7, 11) is 2.01. The van der Waals surface area contributed by atoms with Crippen molar-refractivity contribution in [3.8, 4) is 5.69 Å². The first-order valence-corrected chi connectivity index (χ1v) is 8.65. The van der Waals surface area contributed by atoms with Gasteiger partial charge < -0.3 is 14.2 Å². The lowest BCUT2D eigenvalue weighted by Crippen LogP contribution is -2.40. The number of para-hydroxylation sites is 1. The van der Waals surface area contributed by atoms with E-state index in [0.29, 0.717) is 24.0 Å². The average Bonchev–Trinajstić information content (AvgIpc) is 3.24. The Morgan fingerprint density at radius 3 is 2.70 bits per heavy atom. The molecule has 1 aliphatic heterocycles. The highest BCUT2D eigenvalue weighted by Crippen LogP contribution is 2.23. The van der Waals surface area contributed by atoms with Gasteiger partial charge in [-0.1, -0.05) is 11.2 Å². The molecule has 4 rings (SSSR count). The van der Waals surface area contributed by atoms with Crippen molar-refractivity contribution in [2.45, 2.75) is 25.6 Å². The van der Waals surface area contributed by atoms with Crippen LogP contribution in [0.25, 0.3) is 5.69 Å². The van der Waals surface area contributed by atoms with Gasteiger partial charge in [0.15, 0.2) is 17.5 Å². The van der Waals surface area contributed by atoms with Crippen LogP contribution in [0.2, 0.25) is 0 Å². The Bertz CT molecular complexity index is 911. The Labute approximate surface area is 154 Å². The lowest BCUT2D eigenvalue weighted by atomic mass is 10.2. The first-order valence-electron chi connectivity index (χ1n) is 8.65. The van der Waals surface area contributed by atoms with Gasteiger partial charge in [0.25, 0.3) is 5.89 Å². The molecule has 7 nitrogen and oxygen atoms in total. The van der Waals surface area contributed by atoms with Crippen LogP contribution in [0.5, 0.6) is 0 Å². The van der Waals surface area contributed by atoms with Gasteiger partial charge in [-0.15, -0.1) is 0 Å². The predicted molar refractivity (Wildman–Crippen MR) is 91.4 cm³/mol. The molecule has 3 heterocycles. The monoisotopic (exact) mass is 375 g/mol. The maximum atomic E-state index is 13.9. The SMILES string of the molecule is C[C@@H]1CN(C)C[C@H](c2nc(Cc3ccn(-c4c(F)cccc4F)n3)no2)O1. The standard InChI is InChI=1S/C18H19F2N5O2/c1-11-9-24(2)10-15(26-11)18-21-16(23-27-18)8-12-6-7-25(22-12)17-13(19)4-3-5-14(17)20/h3-7,11,15H,8-10H2,1-2H3/t11-,15-/m1/s1. The first kappa shape index (κ1) is 17.7. The van der Waals surface area contributed by atoms with Crippen LogP contribution in [-0.4, -0.2) is 51.1 Å². The fourth-order valence-electron chi connectivity index (χ4n) is 3.22. The van der Waals surface area contributed by atoms with Crippen molar-refractivity contribution in [2.24, 2.45) is 0 Å². The molecule has 0 bridgehead atoms. The van der Waals surface area contributed by atoms with Gasteiger partial charge in [0.05, 0.1) is 18.2 Å². The number of ether oxygens (including phenoxy) is 1. The molecule has 1 aromatic carbocycles. The molecule has 0 spiro atoms. The zero-order valence-corrected chi connectivity index (χ0v) is 15.0. The molecular formula is C18H19F2N5O2. The van der Waals surface area contributed by atoms with E-state index in [0.717, 1.165) is 6.54 Å². The van der Waals surface area contributed by atoms with Gasteiger partial charge in [-0.25, -0.2) is 13.5 Å². The average molecular weight is 375 g/mol. The minimum atomic E-state index is -0.681. The first-order chi connectivity index (χ1) is 13.0. The molecule has 0 aliphatic carbocycles. The highest BCUT2D eigenvalue weighted by atomic mass is 19.1. The van der Waals surface area contributed by atoms with Gasteiger partial charge in [0.2, 0.25) is 0 Å². The molecule has 0 radical (unpaired) electrons. The smallest absolute Gasteiger partial charge is 0.257 e. The molecule has 1 aliphatic rings. The maximum absolute atomic E-state index is 13.9. The van der Waals surface area contributed by atoms with Crippen LogP contribution in [-0.2, 0) is 11.2 Å². The third-order valence-corrected chi connectivity index (χ3v) is 4.35. The fraction of sp³-hybridized carbons (Fsp3) is 0.389. The van der Waals surface area contributed by atoms with Crippen LogP contribution in [0.3, 0.4) is 0 Å². The number of morpholine rings is 1. The van der Waals surface area contributed by atoms with Crippen molar-refractivity contribution in [3.05, 3.63) is 59.5 Å². The Hall–Kier alpha value is -2.65. The summed E-state index contributed by atoms with van der Waals surface area (Å²) in [6.07, 6.45) is 1.59. The molecule has 0 N–H and O–H groups in total. The maximum Gasteiger partial charge on any atom is 0.257 e. The number of rotatable bonds is 4. The van der Waals surface area contributed by atoms with Crippen molar-refractivity contribution >= 4 is 0 Å². The fourth-order valence-corrected chi connectivity index (χ4v) is 3.22. The van der Waals surface area contributed by atoms with Gasteiger partial charge in [-0.2, -0.15) is 10.1 Å². The van der Waals surface area contributed by atoms with E-state index in [4.69, 9.17) is 9.26 Å². The van der Waals surface area contributed by atoms with E-state index < -0.39 is 11.6 Å². The van der Waals surface area contributed by atoms with Crippen LogP contribution in [0.4, 0.5) is 8.78 Å². The summed E-state index contributed by atoms with van der Waals surface area (Å²) in [6, 6.07) is 5.35. The molecule has 1 fully saturated rings. The molecule has 27 heavy (non-hydrogen) atoms. The largest absolute Gasteiger partial charge is 0.363 e. The van der Waals surface area contributed by atoms with E-state index in [9.17, 15) is 8.78 Å².